The van der Waals surface area contributed by atoms with Gasteiger partial charge in [-0.15, -0.1) is 0 Å². The van der Waals surface area contributed by atoms with E-state index in [0.29, 0.717) is 24.6 Å². The highest BCUT2D eigenvalue weighted by Crippen LogP contribution is 2.16. The normalized spacial score (nSPS) is 11.7. The number of nitrogens with one attached hydrogen (secondary N) is 1. The maximum absolute atomic E-state index is 12.3. The molecule has 27 heavy (non-hydrogen) atoms. The highest BCUT2D eigenvalue weighted by atomic mass is 35.5. The van der Waals surface area contributed by atoms with Crippen LogP contribution in [0.2, 0.25) is 5.02 Å². The van der Waals surface area contributed by atoms with Gasteiger partial charge in [0.2, 0.25) is 0 Å². The molecule has 2 aromatic rings. The van der Waals surface area contributed by atoms with Crippen molar-refractivity contribution in [2.75, 3.05) is 18.9 Å². The fourth-order valence-electron chi connectivity index (χ4n) is 2.10. The zero-order valence-corrected chi connectivity index (χ0v) is 16.7. The molecule has 0 fully saturated rings. The Bertz CT molecular complexity index is 850. The number of benzene rings is 1. The number of sulfone groups is 1. The van der Waals surface area contributed by atoms with Gasteiger partial charge in [0.15, 0.2) is 15.7 Å². The molecule has 1 heterocycles. The molecular weight excluding hydrogens is 394 g/mol. The molecule has 0 atom stereocenters. The van der Waals surface area contributed by atoms with Gasteiger partial charge in [0.1, 0.15) is 0 Å². The van der Waals surface area contributed by atoms with Crippen LogP contribution >= 0.6 is 11.6 Å². The van der Waals surface area contributed by atoms with E-state index in [1.54, 1.807) is 0 Å². The van der Waals surface area contributed by atoms with E-state index in [2.05, 4.69) is 15.5 Å². The minimum atomic E-state index is -3.51. The number of aromatic nitrogens is 2. The second-order valence-corrected chi connectivity index (χ2v) is 8.61. The molecule has 10 heteroatoms. The highest BCUT2D eigenvalue weighted by Gasteiger charge is 2.19. The number of nitrogens with zero attached hydrogens (tertiary/aromatic N) is 2. The molecule has 1 aromatic carbocycles. The number of ether oxygens (including phenoxy) is 1. The average molecular weight is 416 g/mol. The minimum absolute atomic E-state index is 0.0317. The van der Waals surface area contributed by atoms with E-state index < -0.39 is 15.7 Å². The fourth-order valence-corrected chi connectivity index (χ4v) is 3.47. The van der Waals surface area contributed by atoms with E-state index >= 15 is 0 Å². The maximum atomic E-state index is 12.3. The van der Waals surface area contributed by atoms with Gasteiger partial charge in [-0.05, 0) is 44.5 Å². The van der Waals surface area contributed by atoms with Crippen LogP contribution in [-0.4, -0.2) is 49.5 Å². The average Bonchev–Trinajstić information content (AvgIpc) is 3.09. The summed E-state index contributed by atoms with van der Waals surface area (Å²) in [5.74, 6) is -0.750. The Kier molecular flexibility index (Phi) is 7.76. The standard InChI is InChI=1S/C17H22ClN3O5S/c1-12(2)25-10-3-9-19-16(22)17-20-15(21-26-17)8-11-27(23,24)14-6-4-13(18)5-7-14/h4-7,12H,3,8-11H2,1-2H3,(H,19,22). The summed E-state index contributed by atoms with van der Waals surface area (Å²) in [5, 5.41) is 6.76. The predicted octanol–water partition coefficient (Wildman–Crippen LogP) is 2.28. The van der Waals surface area contributed by atoms with Crippen LogP contribution in [0.5, 0.6) is 0 Å². The molecule has 0 aliphatic carbocycles. The van der Waals surface area contributed by atoms with Gasteiger partial charge in [-0.2, -0.15) is 4.98 Å². The Labute approximate surface area is 163 Å². The van der Waals surface area contributed by atoms with E-state index in [1.165, 1.54) is 24.3 Å². The molecule has 0 radical (unpaired) electrons. The molecule has 0 bridgehead atoms. The summed E-state index contributed by atoms with van der Waals surface area (Å²) in [5.41, 5.74) is 0. The van der Waals surface area contributed by atoms with Crippen LogP contribution in [0, 0.1) is 0 Å². The molecular formula is C17H22ClN3O5S. The van der Waals surface area contributed by atoms with Crippen LogP contribution in [0.25, 0.3) is 0 Å². The van der Waals surface area contributed by atoms with Crippen LogP contribution in [-0.2, 0) is 21.0 Å². The van der Waals surface area contributed by atoms with Crippen LogP contribution < -0.4 is 5.32 Å². The number of carbonyl (C=O) groups is 1. The second-order valence-electron chi connectivity index (χ2n) is 6.07. The van der Waals surface area contributed by atoms with Gasteiger partial charge < -0.3 is 14.6 Å². The Morgan fingerprint density at radius 3 is 2.67 bits per heavy atom. The summed E-state index contributed by atoms with van der Waals surface area (Å²) in [4.78, 5) is 16.0. The SMILES string of the molecule is CC(C)OCCCNC(=O)c1nc(CCS(=O)(=O)c2ccc(Cl)cc2)no1. The molecule has 0 spiro atoms. The lowest BCUT2D eigenvalue weighted by molar-refractivity contribution is 0.0751. The van der Waals surface area contributed by atoms with Crippen molar-refractivity contribution in [2.24, 2.45) is 0 Å². The smallest absolute Gasteiger partial charge is 0.315 e. The molecule has 8 nitrogen and oxygen atoms in total. The third-order valence-corrected chi connectivity index (χ3v) is 5.47. The van der Waals surface area contributed by atoms with Gasteiger partial charge in [-0.25, -0.2) is 8.42 Å². The van der Waals surface area contributed by atoms with Crippen molar-refractivity contribution in [2.45, 2.75) is 37.7 Å². The molecule has 1 N–H and O–H groups in total. The number of rotatable bonds is 10. The first kappa shape index (κ1) is 21.3. The molecule has 1 aromatic heterocycles. The quantitative estimate of drug-likeness (QED) is 0.592. The molecule has 0 saturated heterocycles. The Morgan fingerprint density at radius 2 is 2.00 bits per heavy atom. The Balaban J connectivity index is 1.83. The van der Waals surface area contributed by atoms with Crippen molar-refractivity contribution in [3.63, 3.8) is 0 Å². The monoisotopic (exact) mass is 415 g/mol. The molecule has 0 aliphatic heterocycles. The van der Waals surface area contributed by atoms with E-state index in [4.69, 9.17) is 20.9 Å². The van der Waals surface area contributed by atoms with Crippen LogP contribution in [0.1, 0.15) is 36.8 Å². The third-order valence-electron chi connectivity index (χ3n) is 3.49. The first-order chi connectivity index (χ1) is 12.8. The summed E-state index contributed by atoms with van der Waals surface area (Å²) in [6.07, 6.45) is 0.831. The van der Waals surface area contributed by atoms with Crippen LogP contribution in [0.3, 0.4) is 0 Å². The van der Waals surface area contributed by atoms with Crippen LogP contribution in [0.4, 0.5) is 0 Å². The molecule has 0 saturated carbocycles. The summed E-state index contributed by atoms with van der Waals surface area (Å²) in [7, 11) is -3.51. The number of halogens is 1. The lowest BCUT2D eigenvalue weighted by atomic mass is 10.4. The van der Waals surface area contributed by atoms with Crippen molar-refractivity contribution in [3.05, 3.63) is 41.0 Å². The summed E-state index contributed by atoms with van der Waals surface area (Å²) < 4.78 is 34.8. The number of hydrogen-bond donors (Lipinski definition) is 1. The molecule has 1 amide bonds. The number of aryl methyl sites for hydroxylation is 1. The van der Waals surface area contributed by atoms with Gasteiger partial charge >= 0.3 is 11.8 Å². The minimum Gasteiger partial charge on any atom is -0.379 e. The molecule has 2 rings (SSSR count). The van der Waals surface area contributed by atoms with E-state index in [0.717, 1.165) is 0 Å². The van der Waals surface area contributed by atoms with E-state index in [-0.39, 0.29) is 34.9 Å². The Morgan fingerprint density at radius 1 is 1.30 bits per heavy atom. The molecule has 148 valence electrons. The second kappa shape index (κ2) is 9.82. The lowest BCUT2D eigenvalue weighted by Gasteiger charge is -2.06. The predicted molar refractivity (Wildman–Crippen MR) is 99.5 cm³/mol. The topological polar surface area (TPSA) is 111 Å². The zero-order valence-electron chi connectivity index (χ0n) is 15.1. The van der Waals surface area contributed by atoms with Crippen LogP contribution in [0.15, 0.2) is 33.7 Å². The number of hydrogen-bond acceptors (Lipinski definition) is 7. The highest BCUT2D eigenvalue weighted by molar-refractivity contribution is 7.91. The van der Waals surface area contributed by atoms with Gasteiger partial charge in [-0.1, -0.05) is 16.8 Å². The zero-order chi connectivity index (χ0) is 19.9. The van der Waals surface area contributed by atoms with E-state index in [9.17, 15) is 13.2 Å². The van der Waals surface area contributed by atoms with Crippen molar-refractivity contribution in [1.82, 2.24) is 15.5 Å². The van der Waals surface area contributed by atoms with Gasteiger partial charge in [0.25, 0.3) is 0 Å². The first-order valence-electron chi connectivity index (χ1n) is 8.48. The van der Waals surface area contributed by atoms with Gasteiger partial charge in [-0.3, -0.25) is 4.79 Å². The molecule has 0 aliphatic rings. The van der Waals surface area contributed by atoms with Crippen molar-refractivity contribution in [3.8, 4) is 0 Å². The van der Waals surface area contributed by atoms with Crippen molar-refractivity contribution in [1.29, 1.82) is 0 Å². The fraction of sp³-hybridized carbons (Fsp3) is 0.471. The Hall–Kier alpha value is -1.97. The lowest BCUT2D eigenvalue weighted by Crippen LogP contribution is -2.26. The van der Waals surface area contributed by atoms with Gasteiger partial charge in [0.05, 0.1) is 16.8 Å². The number of carbonyl (C=O) groups excluding carboxylic acids is 1. The summed E-state index contributed by atoms with van der Waals surface area (Å²) >= 11 is 5.76. The van der Waals surface area contributed by atoms with E-state index in [1.807, 2.05) is 13.8 Å². The summed E-state index contributed by atoms with van der Waals surface area (Å²) in [6, 6.07) is 5.90. The third kappa shape index (κ3) is 6.93. The number of amides is 1. The van der Waals surface area contributed by atoms with Gasteiger partial charge in [0, 0.05) is 24.6 Å². The largest absolute Gasteiger partial charge is 0.379 e. The first-order valence-corrected chi connectivity index (χ1v) is 10.5. The van der Waals surface area contributed by atoms with Crippen molar-refractivity contribution < 1.29 is 22.5 Å². The summed E-state index contributed by atoms with van der Waals surface area (Å²) in [6.45, 7) is 4.82. The molecule has 0 unspecified atom stereocenters. The maximum Gasteiger partial charge on any atom is 0.315 e. The van der Waals surface area contributed by atoms with Crippen molar-refractivity contribution >= 4 is 27.3 Å².